The molecule has 0 spiro atoms. The standard InChI is InChI=1S/C25H20I2N2O4/c1-2-31-19-8-9-22-18(12-19)13-23(33-22)25(30)29-28-14-17-10-20(26)24(21(27)11-17)32-15-16-6-4-3-5-7-16/h3-14H,2,15H2,1H3,(H,29,30)/b28-14+. The van der Waals surface area contributed by atoms with Gasteiger partial charge >= 0.3 is 5.91 Å². The molecule has 0 unspecified atom stereocenters. The molecule has 1 amide bonds. The third-order valence-corrected chi connectivity index (χ3v) is 6.25. The number of benzene rings is 3. The molecule has 8 heteroatoms. The molecule has 0 bridgehead atoms. The number of halogens is 2. The number of ether oxygens (including phenoxy) is 2. The Balaban J connectivity index is 1.40. The van der Waals surface area contributed by atoms with Crippen LogP contribution >= 0.6 is 45.2 Å². The number of carbonyl (C=O) groups excluding carboxylic acids is 1. The van der Waals surface area contributed by atoms with Crippen LogP contribution in [0.4, 0.5) is 0 Å². The molecule has 1 N–H and O–H groups in total. The van der Waals surface area contributed by atoms with Gasteiger partial charge in [0.25, 0.3) is 0 Å². The molecule has 33 heavy (non-hydrogen) atoms. The number of fused-ring (bicyclic) bond motifs is 1. The first kappa shape index (κ1) is 23.6. The zero-order valence-electron chi connectivity index (χ0n) is 17.7. The Labute approximate surface area is 218 Å². The lowest BCUT2D eigenvalue weighted by atomic mass is 10.2. The maximum atomic E-state index is 12.5. The Morgan fingerprint density at radius 2 is 1.79 bits per heavy atom. The average Bonchev–Trinajstić information content (AvgIpc) is 3.23. The van der Waals surface area contributed by atoms with E-state index in [1.54, 1.807) is 18.3 Å². The fourth-order valence-electron chi connectivity index (χ4n) is 3.13. The molecular formula is C25H20I2N2O4. The first-order valence-corrected chi connectivity index (χ1v) is 12.3. The Bertz CT molecular complexity index is 1280. The summed E-state index contributed by atoms with van der Waals surface area (Å²) in [7, 11) is 0. The van der Waals surface area contributed by atoms with Gasteiger partial charge in [-0.1, -0.05) is 30.3 Å². The van der Waals surface area contributed by atoms with Crippen molar-refractivity contribution in [2.45, 2.75) is 13.5 Å². The number of amides is 1. The van der Waals surface area contributed by atoms with E-state index in [4.69, 9.17) is 13.9 Å². The number of furan rings is 1. The molecule has 0 saturated heterocycles. The third kappa shape index (κ3) is 6.05. The molecule has 0 radical (unpaired) electrons. The highest BCUT2D eigenvalue weighted by molar-refractivity contribution is 14.1. The summed E-state index contributed by atoms with van der Waals surface area (Å²) in [5.74, 6) is 1.32. The third-order valence-electron chi connectivity index (χ3n) is 4.65. The lowest BCUT2D eigenvalue weighted by Crippen LogP contribution is -2.16. The Morgan fingerprint density at radius 3 is 2.52 bits per heavy atom. The van der Waals surface area contributed by atoms with Crippen molar-refractivity contribution in [1.29, 1.82) is 0 Å². The Hall–Kier alpha value is -2.60. The summed E-state index contributed by atoms with van der Waals surface area (Å²) in [5.41, 5.74) is 5.09. The summed E-state index contributed by atoms with van der Waals surface area (Å²) in [4.78, 5) is 12.5. The number of hydrogen-bond acceptors (Lipinski definition) is 5. The van der Waals surface area contributed by atoms with Gasteiger partial charge in [-0.15, -0.1) is 0 Å². The lowest BCUT2D eigenvalue weighted by Gasteiger charge is -2.11. The van der Waals surface area contributed by atoms with Gasteiger partial charge in [0.15, 0.2) is 5.76 Å². The van der Waals surface area contributed by atoms with Crippen LogP contribution in [0, 0.1) is 7.14 Å². The van der Waals surface area contributed by atoms with Crippen molar-refractivity contribution in [3.63, 3.8) is 0 Å². The second-order valence-corrected chi connectivity index (χ2v) is 9.35. The van der Waals surface area contributed by atoms with Crippen LogP contribution in [-0.2, 0) is 6.61 Å². The topological polar surface area (TPSA) is 73.1 Å². The van der Waals surface area contributed by atoms with Crippen LogP contribution in [-0.4, -0.2) is 18.7 Å². The molecule has 1 heterocycles. The number of nitrogens with one attached hydrogen (secondary N) is 1. The summed E-state index contributed by atoms with van der Waals surface area (Å²) in [6.07, 6.45) is 1.60. The van der Waals surface area contributed by atoms with Gasteiger partial charge in [0.05, 0.1) is 20.0 Å². The maximum Gasteiger partial charge on any atom is 0.307 e. The van der Waals surface area contributed by atoms with Crippen molar-refractivity contribution in [3.05, 3.63) is 90.8 Å². The molecule has 0 aliphatic heterocycles. The van der Waals surface area contributed by atoms with Crippen LogP contribution in [0.3, 0.4) is 0 Å². The smallest absolute Gasteiger partial charge is 0.307 e. The van der Waals surface area contributed by atoms with Crippen molar-refractivity contribution >= 4 is 68.3 Å². The van der Waals surface area contributed by atoms with E-state index in [1.165, 1.54) is 0 Å². The van der Waals surface area contributed by atoms with E-state index < -0.39 is 5.91 Å². The van der Waals surface area contributed by atoms with Crippen LogP contribution in [0.25, 0.3) is 11.0 Å². The molecule has 0 fully saturated rings. The molecule has 6 nitrogen and oxygen atoms in total. The molecule has 3 aromatic carbocycles. The molecule has 1 aromatic heterocycles. The molecule has 0 aliphatic rings. The number of hydrazone groups is 1. The number of carbonyl (C=O) groups is 1. The summed E-state index contributed by atoms with van der Waals surface area (Å²) < 4.78 is 19.0. The van der Waals surface area contributed by atoms with Gasteiger partial charge in [-0.3, -0.25) is 4.79 Å². The summed E-state index contributed by atoms with van der Waals surface area (Å²) in [6, 6.07) is 21.0. The zero-order valence-corrected chi connectivity index (χ0v) is 22.0. The molecule has 0 saturated carbocycles. The monoisotopic (exact) mass is 666 g/mol. The predicted molar refractivity (Wildman–Crippen MR) is 145 cm³/mol. The highest BCUT2D eigenvalue weighted by Crippen LogP contribution is 2.29. The first-order valence-electron chi connectivity index (χ1n) is 10.2. The van der Waals surface area contributed by atoms with Gasteiger partial charge in [0.2, 0.25) is 0 Å². The van der Waals surface area contributed by atoms with Gasteiger partial charge in [0.1, 0.15) is 23.7 Å². The summed E-state index contributed by atoms with van der Waals surface area (Å²) >= 11 is 4.48. The molecule has 0 atom stereocenters. The summed E-state index contributed by atoms with van der Waals surface area (Å²) in [6.45, 7) is 2.99. The van der Waals surface area contributed by atoms with E-state index in [-0.39, 0.29) is 5.76 Å². The number of hydrogen-bond donors (Lipinski definition) is 1. The van der Waals surface area contributed by atoms with Crippen molar-refractivity contribution < 1.29 is 18.7 Å². The van der Waals surface area contributed by atoms with E-state index in [2.05, 4.69) is 55.7 Å². The quantitative estimate of drug-likeness (QED) is 0.135. The van der Waals surface area contributed by atoms with Crippen molar-refractivity contribution in [2.75, 3.05) is 6.61 Å². The van der Waals surface area contributed by atoms with Gasteiger partial charge in [-0.25, -0.2) is 5.43 Å². The fourth-order valence-corrected chi connectivity index (χ4v) is 5.26. The predicted octanol–water partition coefficient (Wildman–Crippen LogP) is 6.38. The van der Waals surface area contributed by atoms with Crippen molar-refractivity contribution in [3.8, 4) is 11.5 Å². The minimum Gasteiger partial charge on any atom is -0.494 e. The lowest BCUT2D eigenvalue weighted by molar-refractivity contribution is 0.0929. The van der Waals surface area contributed by atoms with Gasteiger partial charge in [-0.2, -0.15) is 5.10 Å². The molecular weight excluding hydrogens is 646 g/mol. The maximum absolute atomic E-state index is 12.5. The highest BCUT2D eigenvalue weighted by atomic mass is 127. The Morgan fingerprint density at radius 1 is 1.03 bits per heavy atom. The van der Waals surface area contributed by atoms with Gasteiger partial charge < -0.3 is 13.9 Å². The molecule has 0 aliphatic carbocycles. The summed E-state index contributed by atoms with van der Waals surface area (Å²) in [5, 5.41) is 4.88. The second-order valence-electron chi connectivity index (χ2n) is 7.03. The number of rotatable bonds is 8. The number of nitrogens with zero attached hydrogens (tertiary/aromatic N) is 1. The largest absolute Gasteiger partial charge is 0.494 e. The minimum absolute atomic E-state index is 0.185. The molecule has 4 rings (SSSR count). The normalized spacial score (nSPS) is 11.1. The van der Waals surface area contributed by atoms with Crippen molar-refractivity contribution in [2.24, 2.45) is 5.10 Å². The Kier molecular flexibility index (Phi) is 7.86. The van der Waals surface area contributed by atoms with Gasteiger partial charge in [-0.05, 0) is 99.6 Å². The van der Waals surface area contributed by atoms with Crippen LogP contribution in [0.5, 0.6) is 11.5 Å². The average molecular weight is 666 g/mol. The minimum atomic E-state index is -0.424. The van der Waals surface area contributed by atoms with E-state index in [0.29, 0.717) is 18.8 Å². The van der Waals surface area contributed by atoms with Gasteiger partial charge in [0, 0.05) is 5.39 Å². The molecule has 4 aromatic rings. The van der Waals surface area contributed by atoms with Crippen LogP contribution in [0.1, 0.15) is 28.6 Å². The van der Waals surface area contributed by atoms with E-state index in [1.807, 2.05) is 61.5 Å². The van der Waals surface area contributed by atoms with Crippen LogP contribution in [0.2, 0.25) is 0 Å². The first-order chi connectivity index (χ1) is 16.0. The molecule has 168 valence electrons. The SMILES string of the molecule is CCOc1ccc2oc(C(=O)N/N=C/c3cc(I)c(OCc4ccccc4)c(I)c3)cc2c1. The van der Waals surface area contributed by atoms with E-state index in [9.17, 15) is 4.79 Å². The van der Waals surface area contributed by atoms with E-state index in [0.717, 1.165) is 35.2 Å². The highest BCUT2D eigenvalue weighted by Gasteiger charge is 2.13. The fraction of sp³-hybridized carbons (Fsp3) is 0.120. The van der Waals surface area contributed by atoms with Crippen LogP contribution in [0.15, 0.2) is 76.2 Å². The second kappa shape index (κ2) is 11.0. The van der Waals surface area contributed by atoms with E-state index >= 15 is 0 Å². The zero-order chi connectivity index (χ0) is 23.2. The van der Waals surface area contributed by atoms with Crippen molar-refractivity contribution in [1.82, 2.24) is 5.43 Å². The van der Waals surface area contributed by atoms with Crippen LogP contribution < -0.4 is 14.9 Å².